The third kappa shape index (κ3) is 2.90. The molecule has 1 aliphatic carbocycles. The molecule has 142 valence electrons. The molecule has 0 N–H and O–H groups in total. The SMILES string of the molecule is N#CC1(C(=O)N2CCC3(CCCN(CC4CCC4)C3=O)C2)CCOCC1. The zero-order chi connectivity index (χ0) is 18.2. The number of nitriles is 1. The molecule has 0 radical (unpaired) electrons. The smallest absolute Gasteiger partial charge is 0.243 e. The molecule has 0 aromatic heterocycles. The van der Waals surface area contributed by atoms with Crippen LogP contribution in [0.4, 0.5) is 0 Å². The van der Waals surface area contributed by atoms with Crippen LogP contribution in [0.1, 0.15) is 51.4 Å². The second-order valence-corrected chi connectivity index (χ2v) is 8.71. The summed E-state index contributed by atoms with van der Waals surface area (Å²) in [5.41, 5.74) is -1.35. The average Bonchev–Trinajstić information content (AvgIpc) is 3.06. The van der Waals surface area contributed by atoms with Gasteiger partial charge in [-0.15, -0.1) is 0 Å². The average molecular weight is 359 g/mol. The minimum absolute atomic E-state index is 0.0795. The third-order valence-corrected chi connectivity index (χ3v) is 7.14. The van der Waals surface area contributed by atoms with Crippen molar-refractivity contribution in [2.45, 2.75) is 51.4 Å². The molecule has 1 atom stereocenters. The number of ether oxygens (including phenoxy) is 1. The van der Waals surface area contributed by atoms with E-state index in [1.165, 1.54) is 19.3 Å². The van der Waals surface area contributed by atoms with Crippen molar-refractivity contribution in [2.75, 3.05) is 39.4 Å². The highest BCUT2D eigenvalue weighted by Crippen LogP contribution is 2.43. The molecular weight excluding hydrogens is 330 g/mol. The standard InChI is InChI=1S/C20H29N3O3/c21-14-19(7-11-26-12-8-19)17(24)23-10-6-20(15-23)5-2-9-22(18(20)25)13-16-3-1-4-16/h16H,1-13,15H2. The zero-order valence-corrected chi connectivity index (χ0v) is 15.5. The molecule has 3 aliphatic heterocycles. The Kier molecular flexibility index (Phi) is 4.68. The molecule has 1 unspecified atom stereocenters. The lowest BCUT2D eigenvalue weighted by Gasteiger charge is -2.42. The molecule has 1 spiro atoms. The lowest BCUT2D eigenvalue weighted by molar-refractivity contribution is -0.149. The van der Waals surface area contributed by atoms with E-state index in [0.717, 1.165) is 32.4 Å². The maximum Gasteiger partial charge on any atom is 0.243 e. The van der Waals surface area contributed by atoms with Crippen LogP contribution in [0.5, 0.6) is 0 Å². The first-order chi connectivity index (χ1) is 12.6. The molecule has 4 rings (SSSR count). The van der Waals surface area contributed by atoms with Crippen molar-refractivity contribution in [1.29, 1.82) is 5.26 Å². The van der Waals surface area contributed by atoms with Crippen molar-refractivity contribution < 1.29 is 14.3 Å². The maximum atomic E-state index is 13.2. The Bertz CT molecular complexity index is 618. The fraction of sp³-hybridized carbons (Fsp3) is 0.850. The summed E-state index contributed by atoms with van der Waals surface area (Å²) < 4.78 is 5.35. The molecule has 2 amide bonds. The van der Waals surface area contributed by atoms with Crippen LogP contribution in [-0.4, -0.2) is 61.0 Å². The maximum absolute atomic E-state index is 13.2. The molecule has 6 heteroatoms. The predicted molar refractivity (Wildman–Crippen MR) is 94.9 cm³/mol. The van der Waals surface area contributed by atoms with Crippen LogP contribution in [0.3, 0.4) is 0 Å². The number of hydrogen-bond acceptors (Lipinski definition) is 4. The van der Waals surface area contributed by atoms with Gasteiger partial charge in [-0.05, 0) is 50.9 Å². The van der Waals surface area contributed by atoms with E-state index >= 15 is 0 Å². The molecule has 3 heterocycles. The highest BCUT2D eigenvalue weighted by atomic mass is 16.5. The van der Waals surface area contributed by atoms with Gasteiger partial charge in [-0.3, -0.25) is 9.59 Å². The zero-order valence-electron chi connectivity index (χ0n) is 15.5. The quantitative estimate of drug-likeness (QED) is 0.772. The number of rotatable bonds is 3. The number of hydrogen-bond donors (Lipinski definition) is 0. The van der Waals surface area contributed by atoms with E-state index in [0.29, 0.717) is 45.1 Å². The fourth-order valence-electron chi connectivity index (χ4n) is 5.13. The molecule has 0 bridgehead atoms. The Morgan fingerprint density at radius 2 is 1.92 bits per heavy atom. The van der Waals surface area contributed by atoms with Gasteiger partial charge in [-0.2, -0.15) is 5.26 Å². The number of carbonyl (C=O) groups excluding carboxylic acids is 2. The molecule has 1 saturated carbocycles. The lowest BCUT2D eigenvalue weighted by Crippen LogP contribution is -2.53. The van der Waals surface area contributed by atoms with E-state index in [1.807, 2.05) is 0 Å². The van der Waals surface area contributed by atoms with Crippen molar-refractivity contribution in [3.8, 4) is 6.07 Å². The third-order valence-electron chi connectivity index (χ3n) is 7.14. The molecule has 6 nitrogen and oxygen atoms in total. The number of likely N-dealkylation sites (tertiary alicyclic amines) is 2. The summed E-state index contributed by atoms with van der Waals surface area (Å²) in [5, 5.41) is 9.67. The van der Waals surface area contributed by atoms with Crippen molar-refractivity contribution in [3.05, 3.63) is 0 Å². The first kappa shape index (κ1) is 17.8. The summed E-state index contributed by atoms with van der Waals surface area (Å²) in [4.78, 5) is 30.2. The van der Waals surface area contributed by atoms with Gasteiger partial charge in [0.15, 0.2) is 0 Å². The van der Waals surface area contributed by atoms with Gasteiger partial charge in [0.05, 0.1) is 11.5 Å². The van der Waals surface area contributed by atoms with Crippen LogP contribution in [0.25, 0.3) is 0 Å². The molecule has 0 aromatic carbocycles. The van der Waals surface area contributed by atoms with Gasteiger partial charge in [0.25, 0.3) is 0 Å². The van der Waals surface area contributed by atoms with Crippen LogP contribution >= 0.6 is 0 Å². The number of carbonyl (C=O) groups is 2. The number of piperidine rings is 1. The highest BCUT2D eigenvalue weighted by molar-refractivity contribution is 5.89. The Labute approximate surface area is 155 Å². The van der Waals surface area contributed by atoms with Gasteiger partial charge < -0.3 is 14.5 Å². The minimum atomic E-state index is -0.951. The van der Waals surface area contributed by atoms with E-state index < -0.39 is 10.8 Å². The first-order valence-electron chi connectivity index (χ1n) is 10.2. The van der Waals surface area contributed by atoms with Gasteiger partial charge >= 0.3 is 0 Å². The van der Waals surface area contributed by atoms with Gasteiger partial charge in [0, 0.05) is 39.4 Å². The molecule has 26 heavy (non-hydrogen) atoms. The van der Waals surface area contributed by atoms with Crippen LogP contribution < -0.4 is 0 Å². The summed E-state index contributed by atoms with van der Waals surface area (Å²) >= 11 is 0. The van der Waals surface area contributed by atoms with Gasteiger partial charge in [0.2, 0.25) is 11.8 Å². The normalized spacial score (nSPS) is 31.7. The summed E-state index contributed by atoms with van der Waals surface area (Å²) in [6, 6.07) is 2.28. The molecule has 4 fully saturated rings. The Morgan fingerprint density at radius 3 is 2.58 bits per heavy atom. The highest BCUT2D eigenvalue weighted by Gasteiger charge is 2.53. The topological polar surface area (TPSA) is 73.6 Å². The second kappa shape index (κ2) is 6.84. The van der Waals surface area contributed by atoms with E-state index in [1.54, 1.807) is 4.90 Å². The Balaban J connectivity index is 1.45. The summed E-state index contributed by atoms with van der Waals surface area (Å²) in [6.45, 7) is 3.79. The van der Waals surface area contributed by atoms with Crippen molar-refractivity contribution in [3.63, 3.8) is 0 Å². The van der Waals surface area contributed by atoms with E-state index in [9.17, 15) is 14.9 Å². The van der Waals surface area contributed by atoms with Crippen LogP contribution in [-0.2, 0) is 14.3 Å². The molecule has 3 saturated heterocycles. The van der Waals surface area contributed by atoms with Gasteiger partial charge in [-0.25, -0.2) is 0 Å². The molecule has 0 aromatic rings. The Morgan fingerprint density at radius 1 is 1.15 bits per heavy atom. The minimum Gasteiger partial charge on any atom is -0.381 e. The van der Waals surface area contributed by atoms with E-state index in [2.05, 4.69) is 11.0 Å². The number of amides is 2. The van der Waals surface area contributed by atoms with Gasteiger partial charge in [-0.1, -0.05) is 6.42 Å². The van der Waals surface area contributed by atoms with Crippen LogP contribution in [0.15, 0.2) is 0 Å². The van der Waals surface area contributed by atoms with Crippen LogP contribution in [0, 0.1) is 28.1 Å². The van der Waals surface area contributed by atoms with E-state index in [4.69, 9.17) is 4.74 Å². The summed E-state index contributed by atoms with van der Waals surface area (Å²) in [5.74, 6) is 0.852. The van der Waals surface area contributed by atoms with Crippen molar-refractivity contribution >= 4 is 11.8 Å². The van der Waals surface area contributed by atoms with Crippen molar-refractivity contribution in [1.82, 2.24) is 9.80 Å². The largest absolute Gasteiger partial charge is 0.381 e. The summed E-state index contributed by atoms with van der Waals surface area (Å²) in [7, 11) is 0. The summed E-state index contributed by atoms with van der Waals surface area (Å²) in [6.07, 6.45) is 7.36. The Hall–Kier alpha value is -1.61. The van der Waals surface area contributed by atoms with E-state index in [-0.39, 0.29) is 11.8 Å². The molecular formula is C20H29N3O3. The first-order valence-corrected chi connectivity index (χ1v) is 10.2. The van der Waals surface area contributed by atoms with Crippen LogP contribution in [0.2, 0.25) is 0 Å². The lowest BCUT2D eigenvalue weighted by atomic mass is 9.76. The monoisotopic (exact) mass is 359 g/mol. The predicted octanol–water partition coefficient (Wildman–Crippen LogP) is 1.95. The second-order valence-electron chi connectivity index (χ2n) is 8.71. The van der Waals surface area contributed by atoms with Crippen molar-refractivity contribution in [2.24, 2.45) is 16.7 Å². The number of nitrogens with zero attached hydrogens (tertiary/aromatic N) is 3. The fourth-order valence-corrected chi connectivity index (χ4v) is 5.13. The van der Waals surface area contributed by atoms with Gasteiger partial charge in [0.1, 0.15) is 5.41 Å². The molecule has 4 aliphatic rings.